The fraction of sp³-hybridized carbons (Fsp3) is 0.444. The third-order valence-electron chi connectivity index (χ3n) is 4.61. The number of hydrogen-bond acceptors (Lipinski definition) is 3. The topological polar surface area (TPSA) is 56.1 Å². The number of methoxy groups -OCH3 is 1. The number of nitrogens with one attached hydrogen (secondary N) is 1. The molecule has 1 aromatic carbocycles. The minimum Gasteiger partial charge on any atom is -0.364 e. The van der Waals surface area contributed by atoms with Gasteiger partial charge in [0.1, 0.15) is 5.82 Å². The summed E-state index contributed by atoms with van der Waals surface area (Å²) in [6, 6.07) is 9.70. The lowest BCUT2D eigenvalue weighted by Crippen LogP contribution is -2.50. The van der Waals surface area contributed by atoms with Crippen LogP contribution in [0.3, 0.4) is 0 Å². The van der Waals surface area contributed by atoms with Crippen molar-refractivity contribution in [3.05, 3.63) is 53.6 Å². The molecule has 5 nitrogen and oxygen atoms in total. The van der Waals surface area contributed by atoms with E-state index in [9.17, 15) is 4.79 Å². The standard InChI is InChI=1S/C18H23N3O2/c1-13-11-21-12-15(9-10-16(21)19-13)20-17(22)18(2,23-3)14-7-5-4-6-8-14/h4-8,11,15H,9-10,12H2,1-3H3,(H,20,22)/t15-,18-/m1/s1. The van der Waals surface area contributed by atoms with E-state index in [4.69, 9.17) is 4.74 Å². The normalized spacial score (nSPS) is 19.7. The van der Waals surface area contributed by atoms with Crippen LogP contribution in [-0.2, 0) is 28.1 Å². The summed E-state index contributed by atoms with van der Waals surface area (Å²) < 4.78 is 7.70. The van der Waals surface area contributed by atoms with E-state index in [1.54, 1.807) is 7.11 Å². The van der Waals surface area contributed by atoms with Gasteiger partial charge in [0.25, 0.3) is 5.91 Å². The van der Waals surface area contributed by atoms with Crippen molar-refractivity contribution >= 4 is 5.91 Å². The molecule has 122 valence electrons. The Morgan fingerprint density at radius 2 is 2.13 bits per heavy atom. The van der Waals surface area contributed by atoms with Crippen molar-refractivity contribution in [2.75, 3.05) is 7.11 Å². The Kier molecular flexibility index (Phi) is 4.22. The number of benzene rings is 1. The van der Waals surface area contributed by atoms with Crippen LogP contribution < -0.4 is 5.32 Å². The van der Waals surface area contributed by atoms with Crippen LogP contribution >= 0.6 is 0 Å². The van der Waals surface area contributed by atoms with Gasteiger partial charge >= 0.3 is 0 Å². The van der Waals surface area contributed by atoms with Crippen molar-refractivity contribution in [3.63, 3.8) is 0 Å². The summed E-state index contributed by atoms with van der Waals surface area (Å²) in [5.74, 6) is 1.00. The van der Waals surface area contributed by atoms with Gasteiger partial charge in [-0.25, -0.2) is 4.98 Å². The second-order valence-corrected chi connectivity index (χ2v) is 6.26. The van der Waals surface area contributed by atoms with Gasteiger partial charge in [0, 0.05) is 32.3 Å². The Hall–Kier alpha value is -2.14. The molecule has 0 fully saturated rings. The molecule has 1 aromatic heterocycles. The minimum absolute atomic E-state index is 0.0989. The van der Waals surface area contributed by atoms with Crippen LogP contribution in [0.1, 0.15) is 30.4 Å². The molecule has 2 heterocycles. The molecule has 1 aliphatic rings. The average molecular weight is 313 g/mol. The molecule has 0 radical (unpaired) electrons. The fourth-order valence-electron chi connectivity index (χ4n) is 3.13. The van der Waals surface area contributed by atoms with Crippen LogP contribution in [0.2, 0.25) is 0 Å². The maximum Gasteiger partial charge on any atom is 0.256 e. The molecule has 5 heteroatoms. The van der Waals surface area contributed by atoms with Crippen LogP contribution in [0.4, 0.5) is 0 Å². The lowest BCUT2D eigenvalue weighted by atomic mass is 9.94. The number of imidazole rings is 1. The van der Waals surface area contributed by atoms with Crippen LogP contribution in [0.15, 0.2) is 36.5 Å². The highest BCUT2D eigenvalue weighted by Gasteiger charge is 2.36. The summed E-state index contributed by atoms with van der Waals surface area (Å²) >= 11 is 0. The molecule has 0 saturated heterocycles. The van der Waals surface area contributed by atoms with E-state index in [1.807, 2.05) is 50.4 Å². The van der Waals surface area contributed by atoms with E-state index in [-0.39, 0.29) is 11.9 Å². The largest absolute Gasteiger partial charge is 0.364 e. The van der Waals surface area contributed by atoms with Crippen LogP contribution in [0.25, 0.3) is 0 Å². The zero-order valence-electron chi connectivity index (χ0n) is 13.9. The van der Waals surface area contributed by atoms with Crippen LogP contribution in [0.5, 0.6) is 0 Å². The number of aromatic nitrogens is 2. The molecule has 23 heavy (non-hydrogen) atoms. The lowest BCUT2D eigenvalue weighted by molar-refractivity contribution is -0.143. The van der Waals surface area contributed by atoms with Gasteiger partial charge < -0.3 is 14.6 Å². The van der Waals surface area contributed by atoms with Gasteiger partial charge in [-0.15, -0.1) is 0 Å². The third kappa shape index (κ3) is 3.01. The highest BCUT2D eigenvalue weighted by atomic mass is 16.5. The number of nitrogens with zero attached hydrogens (tertiary/aromatic N) is 2. The second-order valence-electron chi connectivity index (χ2n) is 6.26. The van der Waals surface area contributed by atoms with E-state index >= 15 is 0 Å². The summed E-state index contributed by atoms with van der Waals surface area (Å²) in [4.78, 5) is 17.3. The van der Waals surface area contributed by atoms with Gasteiger partial charge in [-0.2, -0.15) is 0 Å². The number of ether oxygens (including phenoxy) is 1. The molecular formula is C18H23N3O2. The van der Waals surface area contributed by atoms with Gasteiger partial charge in [-0.3, -0.25) is 4.79 Å². The number of aryl methyl sites for hydroxylation is 2. The molecule has 1 amide bonds. The summed E-state index contributed by atoms with van der Waals surface area (Å²) in [6.07, 6.45) is 3.82. The Bertz CT molecular complexity index is 696. The van der Waals surface area contributed by atoms with Crippen molar-refractivity contribution in [1.29, 1.82) is 0 Å². The molecule has 0 spiro atoms. The Labute approximate surface area is 136 Å². The smallest absolute Gasteiger partial charge is 0.256 e. The van der Waals surface area contributed by atoms with Crippen molar-refractivity contribution < 1.29 is 9.53 Å². The predicted octanol–water partition coefficient (Wildman–Crippen LogP) is 2.18. The number of amides is 1. The van der Waals surface area contributed by atoms with Crippen molar-refractivity contribution in [2.45, 2.75) is 44.9 Å². The number of carbonyl (C=O) groups is 1. The summed E-state index contributed by atoms with van der Waals surface area (Å²) in [5.41, 5.74) is 0.903. The molecule has 0 bridgehead atoms. The molecule has 0 unspecified atom stereocenters. The summed E-state index contributed by atoms with van der Waals surface area (Å²) in [5, 5.41) is 3.15. The highest BCUT2D eigenvalue weighted by Crippen LogP contribution is 2.25. The SMILES string of the molecule is CO[C@@](C)(C(=O)N[C@@H]1CCc2nc(C)cn2C1)c1ccccc1. The van der Waals surface area contributed by atoms with Crippen molar-refractivity contribution in [1.82, 2.24) is 14.9 Å². The maximum atomic E-state index is 12.8. The lowest BCUT2D eigenvalue weighted by Gasteiger charge is -2.31. The van der Waals surface area contributed by atoms with E-state index < -0.39 is 5.60 Å². The minimum atomic E-state index is -0.980. The summed E-state index contributed by atoms with van der Waals surface area (Å²) in [7, 11) is 1.57. The number of rotatable bonds is 4. The Morgan fingerprint density at radius 3 is 2.83 bits per heavy atom. The molecule has 3 rings (SSSR count). The van der Waals surface area contributed by atoms with Gasteiger partial charge in [-0.05, 0) is 25.8 Å². The van der Waals surface area contributed by atoms with Crippen LogP contribution in [0, 0.1) is 6.92 Å². The van der Waals surface area contributed by atoms with E-state index in [1.165, 1.54) is 0 Å². The van der Waals surface area contributed by atoms with Gasteiger partial charge in [-0.1, -0.05) is 30.3 Å². The first kappa shape index (κ1) is 15.7. The first-order chi connectivity index (χ1) is 11.0. The molecular weight excluding hydrogens is 290 g/mol. The number of fused-ring (bicyclic) bond motifs is 1. The molecule has 1 aliphatic heterocycles. The molecule has 2 atom stereocenters. The first-order valence-corrected chi connectivity index (χ1v) is 7.97. The van der Waals surface area contributed by atoms with Crippen molar-refractivity contribution in [3.8, 4) is 0 Å². The van der Waals surface area contributed by atoms with Gasteiger partial charge in [0.05, 0.1) is 5.69 Å². The quantitative estimate of drug-likeness (QED) is 0.941. The molecule has 1 N–H and O–H groups in total. The predicted molar refractivity (Wildman–Crippen MR) is 88.0 cm³/mol. The average Bonchev–Trinajstić information content (AvgIpc) is 2.94. The highest BCUT2D eigenvalue weighted by molar-refractivity contribution is 5.86. The van der Waals surface area contributed by atoms with Crippen molar-refractivity contribution in [2.24, 2.45) is 0 Å². The number of hydrogen-bond donors (Lipinski definition) is 1. The third-order valence-corrected chi connectivity index (χ3v) is 4.61. The zero-order valence-corrected chi connectivity index (χ0v) is 13.9. The van der Waals surface area contributed by atoms with E-state index in [0.29, 0.717) is 0 Å². The first-order valence-electron chi connectivity index (χ1n) is 7.97. The van der Waals surface area contributed by atoms with E-state index in [2.05, 4.69) is 14.9 Å². The monoisotopic (exact) mass is 313 g/mol. The number of carbonyl (C=O) groups excluding carboxylic acids is 1. The molecule has 0 saturated carbocycles. The molecule has 0 aliphatic carbocycles. The maximum absolute atomic E-state index is 12.8. The van der Waals surface area contributed by atoms with Gasteiger partial charge in [0.2, 0.25) is 0 Å². The fourth-order valence-corrected chi connectivity index (χ4v) is 3.13. The second kappa shape index (κ2) is 6.16. The zero-order chi connectivity index (χ0) is 16.4. The Morgan fingerprint density at radius 1 is 1.39 bits per heavy atom. The molecule has 2 aromatic rings. The van der Waals surface area contributed by atoms with Crippen LogP contribution in [-0.4, -0.2) is 28.6 Å². The van der Waals surface area contributed by atoms with Gasteiger partial charge in [0.15, 0.2) is 5.60 Å². The van der Waals surface area contributed by atoms with E-state index in [0.717, 1.165) is 36.5 Å². The summed E-state index contributed by atoms with van der Waals surface area (Å²) in [6.45, 7) is 4.57. The Balaban J connectivity index is 1.73.